The van der Waals surface area contributed by atoms with E-state index in [2.05, 4.69) is 447 Å². The number of thiophene rings is 1. The minimum atomic E-state index is -0.518. The molecule has 4 aromatic heterocycles. The Morgan fingerprint density at radius 2 is 0.430 bits per heavy atom. The van der Waals surface area contributed by atoms with Gasteiger partial charge in [-0.25, -0.2) is 0 Å². The van der Waals surface area contributed by atoms with Crippen LogP contribution in [0.3, 0.4) is 0 Å². The standard InChI is InChI=1S/C61H39NO2.C61H39NOS/c1-2-13-44(14-3-1)61(55-21-8-4-17-49(55)50-18-5-9-22-56(50)61)45-15-12-16-48(39-45)62(46-31-25-40(26-32-46)42-29-35-59-53(37-42)51-19-6-10-23-57(51)63-59)47-33-27-41(28-34-47)43-30-36-60-54(38-43)52-20-7-11-24-58(52)64-60;1-2-13-44(14-3-1)61(55-21-8-4-17-49(55)50-18-5-9-22-56(50)61)45-15-12-16-48(39-45)62(46-31-25-40(26-32-46)42-29-35-58-53(37-42)51-19-6-10-23-57(51)63-58)47-33-27-41(28-34-47)43-30-36-60-54(38-43)52-20-7-11-24-59(52)64-60/h2*1-39H. The zero-order valence-corrected chi connectivity index (χ0v) is 70.4. The van der Waals surface area contributed by atoms with E-state index in [0.717, 1.165) is 133 Å². The molecule has 0 atom stereocenters. The zero-order valence-electron chi connectivity index (χ0n) is 69.6. The second kappa shape index (κ2) is 30.3. The second-order valence-corrected chi connectivity index (χ2v) is 34.7. The van der Waals surface area contributed by atoms with Gasteiger partial charge in [0.25, 0.3) is 0 Å². The molecule has 2 aliphatic rings. The van der Waals surface area contributed by atoms with Crippen LogP contribution in [-0.4, -0.2) is 0 Å². The maximum absolute atomic E-state index is 6.18. The smallest absolute Gasteiger partial charge is 0.135 e. The topological polar surface area (TPSA) is 45.9 Å². The van der Waals surface area contributed by atoms with Crippen molar-refractivity contribution in [1.82, 2.24) is 0 Å². The predicted octanol–water partition coefficient (Wildman–Crippen LogP) is 33.8. The second-order valence-electron chi connectivity index (χ2n) is 33.6. The number of furan rings is 3. The van der Waals surface area contributed by atoms with Crippen molar-refractivity contribution in [2.75, 3.05) is 9.80 Å². The first kappa shape index (κ1) is 74.3. The van der Waals surface area contributed by atoms with Crippen molar-refractivity contribution in [3.63, 3.8) is 0 Å². The Morgan fingerprint density at radius 1 is 0.164 bits per heavy atom. The summed E-state index contributed by atoms with van der Waals surface area (Å²) in [6.07, 6.45) is 0. The molecular formula is C122H78N2O3S. The van der Waals surface area contributed by atoms with E-state index in [0.29, 0.717) is 0 Å². The summed E-state index contributed by atoms with van der Waals surface area (Å²) in [7, 11) is 0. The molecule has 5 nitrogen and oxygen atoms in total. The molecule has 0 saturated heterocycles. The van der Waals surface area contributed by atoms with E-state index < -0.39 is 10.8 Å². The molecule has 2 aliphatic carbocycles. The average Bonchev–Trinajstić information content (AvgIpc) is 1.54. The zero-order chi connectivity index (χ0) is 84.4. The van der Waals surface area contributed by atoms with E-state index >= 15 is 0 Å². The summed E-state index contributed by atoms with van der Waals surface area (Å²) >= 11 is 1.86. The van der Waals surface area contributed by atoms with Crippen molar-refractivity contribution in [2.24, 2.45) is 0 Å². The number of fused-ring (bicyclic) bond motifs is 18. The Bertz CT molecular complexity index is 7550. The van der Waals surface area contributed by atoms with Crippen molar-refractivity contribution in [1.29, 1.82) is 0 Å². The van der Waals surface area contributed by atoms with Crippen LogP contribution < -0.4 is 9.80 Å². The lowest BCUT2D eigenvalue weighted by molar-refractivity contribution is 0.668. The van der Waals surface area contributed by atoms with Gasteiger partial charge in [0.2, 0.25) is 0 Å². The molecule has 600 valence electrons. The van der Waals surface area contributed by atoms with Crippen molar-refractivity contribution < 1.29 is 13.3 Å². The molecule has 24 aromatic rings. The van der Waals surface area contributed by atoms with Crippen LogP contribution in [0.1, 0.15) is 44.5 Å². The van der Waals surface area contributed by atoms with E-state index in [-0.39, 0.29) is 0 Å². The molecule has 0 unspecified atom stereocenters. The number of nitrogens with zero attached hydrogens (tertiary/aromatic N) is 2. The molecule has 26 rings (SSSR count). The molecule has 0 bridgehead atoms. The van der Waals surface area contributed by atoms with Crippen LogP contribution in [0.25, 0.3) is 153 Å². The van der Waals surface area contributed by atoms with Gasteiger partial charge < -0.3 is 23.1 Å². The van der Waals surface area contributed by atoms with Crippen molar-refractivity contribution in [2.45, 2.75) is 10.8 Å². The Balaban J connectivity index is 0.000000139. The molecule has 4 heterocycles. The molecule has 0 saturated carbocycles. The number of hydrogen-bond donors (Lipinski definition) is 0. The van der Waals surface area contributed by atoms with Gasteiger partial charge in [-0.15, -0.1) is 11.3 Å². The van der Waals surface area contributed by atoms with Crippen LogP contribution in [0, 0.1) is 0 Å². The van der Waals surface area contributed by atoms with Crippen LogP contribution in [0.5, 0.6) is 0 Å². The Morgan fingerprint density at radius 3 is 0.789 bits per heavy atom. The lowest BCUT2D eigenvalue weighted by Crippen LogP contribution is -2.28. The molecule has 0 N–H and O–H groups in total. The highest BCUT2D eigenvalue weighted by molar-refractivity contribution is 7.25. The van der Waals surface area contributed by atoms with Gasteiger partial charge in [0.1, 0.15) is 33.5 Å². The summed E-state index contributed by atoms with van der Waals surface area (Å²) in [5, 5.41) is 9.39. The van der Waals surface area contributed by atoms with Gasteiger partial charge in [-0.1, -0.05) is 328 Å². The lowest BCUT2D eigenvalue weighted by Gasteiger charge is -2.35. The predicted molar refractivity (Wildman–Crippen MR) is 533 cm³/mol. The number of benzene rings is 20. The third-order valence-corrected chi connectivity index (χ3v) is 27.9. The van der Waals surface area contributed by atoms with Gasteiger partial charge in [0.05, 0.1) is 10.8 Å². The van der Waals surface area contributed by atoms with Crippen molar-refractivity contribution >= 4 is 131 Å². The number of anilines is 6. The van der Waals surface area contributed by atoms with Crippen molar-refractivity contribution in [3.05, 3.63) is 518 Å². The van der Waals surface area contributed by atoms with Gasteiger partial charge in [-0.05, 0) is 257 Å². The first-order chi connectivity index (χ1) is 63.4. The van der Waals surface area contributed by atoms with E-state index in [1.807, 2.05) is 47.7 Å². The molecule has 0 radical (unpaired) electrons. The van der Waals surface area contributed by atoms with Crippen LogP contribution in [0.2, 0.25) is 0 Å². The van der Waals surface area contributed by atoms with Gasteiger partial charge in [0.15, 0.2) is 0 Å². The molecule has 128 heavy (non-hydrogen) atoms. The Hall–Kier alpha value is -16.4. The van der Waals surface area contributed by atoms with Crippen molar-refractivity contribution in [3.8, 4) is 66.8 Å². The number of rotatable bonds is 14. The molecule has 0 spiro atoms. The van der Waals surface area contributed by atoms with Crippen LogP contribution in [0.15, 0.2) is 486 Å². The summed E-state index contributed by atoms with van der Waals surface area (Å²) in [5.74, 6) is 0. The normalized spacial score (nSPS) is 12.8. The van der Waals surface area contributed by atoms with Crippen LogP contribution in [-0.2, 0) is 10.8 Å². The number of para-hydroxylation sites is 3. The monoisotopic (exact) mass is 1650 g/mol. The largest absolute Gasteiger partial charge is 0.456 e. The van der Waals surface area contributed by atoms with Crippen LogP contribution in [0.4, 0.5) is 34.1 Å². The quantitative estimate of drug-likeness (QED) is 0.109. The fourth-order valence-corrected chi connectivity index (χ4v) is 22.0. The average molecular weight is 1650 g/mol. The molecule has 6 heteroatoms. The summed E-state index contributed by atoms with van der Waals surface area (Å²) in [6, 6.07) is 172. The highest BCUT2D eigenvalue weighted by Gasteiger charge is 2.48. The number of hydrogen-bond acceptors (Lipinski definition) is 6. The highest BCUT2D eigenvalue weighted by atomic mass is 32.1. The molecule has 0 amide bonds. The minimum Gasteiger partial charge on any atom is -0.456 e. The van der Waals surface area contributed by atoms with Gasteiger partial charge in [-0.3, -0.25) is 0 Å². The molecule has 0 aliphatic heterocycles. The first-order valence-corrected chi connectivity index (χ1v) is 44.6. The highest BCUT2D eigenvalue weighted by Crippen LogP contribution is 2.59. The Labute approximate surface area is 744 Å². The molecule has 0 fully saturated rings. The fraction of sp³-hybridized carbons (Fsp3) is 0.0164. The van der Waals surface area contributed by atoms with Gasteiger partial charge >= 0.3 is 0 Å². The SMILES string of the molecule is c1ccc(C2(c3cccc(N(c4ccc(-c5ccc6oc7ccccc7c6c5)cc4)c4ccc(-c5ccc6oc7ccccc7c6c5)cc4)c3)c3ccccc3-c3ccccc32)cc1.c1ccc(C2(c3cccc(N(c4ccc(-c5ccc6oc7ccccc7c6c5)cc4)c4ccc(-c5ccc6sc7ccccc7c6c5)cc4)c3)c3ccccc3-c3ccccc32)cc1. The van der Waals surface area contributed by atoms with Gasteiger partial charge in [0, 0.05) is 86.6 Å². The summed E-state index contributed by atoms with van der Waals surface area (Å²) in [6.45, 7) is 0. The minimum absolute atomic E-state index is 0.510. The van der Waals surface area contributed by atoms with Crippen LogP contribution >= 0.6 is 11.3 Å². The fourth-order valence-electron chi connectivity index (χ4n) is 20.9. The first-order valence-electron chi connectivity index (χ1n) is 43.8. The maximum atomic E-state index is 6.18. The van der Waals surface area contributed by atoms with Gasteiger partial charge in [-0.2, -0.15) is 0 Å². The summed E-state index contributed by atoms with van der Waals surface area (Å²) < 4.78 is 21.2. The molecular weight excluding hydrogens is 1570 g/mol. The Kier molecular flexibility index (Phi) is 17.6. The molecule has 20 aromatic carbocycles. The third kappa shape index (κ3) is 12.0. The van der Waals surface area contributed by atoms with E-state index in [1.165, 1.54) is 98.1 Å². The van der Waals surface area contributed by atoms with E-state index in [1.54, 1.807) is 0 Å². The summed E-state index contributed by atoms with van der Waals surface area (Å²) in [5.41, 5.74) is 35.4. The lowest BCUT2D eigenvalue weighted by atomic mass is 9.67. The maximum Gasteiger partial charge on any atom is 0.135 e. The third-order valence-electron chi connectivity index (χ3n) is 26.7. The van der Waals surface area contributed by atoms with E-state index in [9.17, 15) is 0 Å². The van der Waals surface area contributed by atoms with E-state index in [4.69, 9.17) is 13.3 Å². The summed E-state index contributed by atoms with van der Waals surface area (Å²) in [4.78, 5) is 4.80.